The van der Waals surface area contributed by atoms with Crippen molar-refractivity contribution >= 4 is 34.1 Å². The maximum absolute atomic E-state index is 12.0. The van der Waals surface area contributed by atoms with Crippen molar-refractivity contribution in [2.24, 2.45) is 0 Å². The van der Waals surface area contributed by atoms with Gasteiger partial charge < -0.3 is 4.74 Å². The number of rotatable bonds is 6. The molecule has 1 heterocycles. The van der Waals surface area contributed by atoms with E-state index in [1.807, 2.05) is 0 Å². The second-order valence-electron chi connectivity index (χ2n) is 3.66. The van der Waals surface area contributed by atoms with Gasteiger partial charge in [-0.15, -0.1) is 16.8 Å². The molecule has 2 aromatic rings. The number of nitrogens with zero attached hydrogens (tertiary/aromatic N) is 2. The summed E-state index contributed by atoms with van der Waals surface area (Å²) in [6.45, 7) is 3.64. The highest BCUT2D eigenvalue weighted by molar-refractivity contribution is 8.01. The molecule has 0 aliphatic heterocycles. The third-order valence-corrected chi connectivity index (χ3v) is 4.27. The van der Waals surface area contributed by atoms with Crippen LogP contribution in [0.2, 0.25) is 0 Å². The Morgan fingerprint density at radius 3 is 2.85 bits per heavy atom. The Labute approximate surface area is 125 Å². The van der Waals surface area contributed by atoms with Gasteiger partial charge in [-0.25, -0.2) is 0 Å². The van der Waals surface area contributed by atoms with Gasteiger partial charge in [-0.05, 0) is 24.3 Å². The Kier molecular flexibility index (Phi) is 5.14. The largest absolute Gasteiger partial charge is 0.497 e. The molecule has 0 unspecified atom stereocenters. The van der Waals surface area contributed by atoms with Gasteiger partial charge in [0.1, 0.15) is 5.75 Å². The number of thioether (sulfide) groups is 1. The first-order valence-electron chi connectivity index (χ1n) is 5.75. The number of nitrogens with one attached hydrogen (secondary N) is 1. The van der Waals surface area contributed by atoms with Gasteiger partial charge in [-0.2, -0.15) is 0 Å². The quantitative estimate of drug-likeness (QED) is 0.505. The van der Waals surface area contributed by atoms with Crippen LogP contribution in [-0.2, 0) is 0 Å². The molecule has 0 saturated heterocycles. The molecule has 0 aliphatic carbocycles. The zero-order valence-corrected chi connectivity index (χ0v) is 12.5. The predicted molar refractivity (Wildman–Crippen MR) is 81.8 cm³/mol. The SMILES string of the molecule is C=CCSc1nnc(NC(=O)c2ccc(OC)cc2)s1. The predicted octanol–water partition coefficient (Wildman–Crippen LogP) is 3.08. The van der Waals surface area contributed by atoms with Gasteiger partial charge in [0.05, 0.1) is 7.11 Å². The van der Waals surface area contributed by atoms with Crippen LogP contribution in [-0.4, -0.2) is 29.0 Å². The lowest BCUT2D eigenvalue weighted by atomic mass is 10.2. The van der Waals surface area contributed by atoms with E-state index in [-0.39, 0.29) is 5.91 Å². The molecule has 2 rings (SSSR count). The van der Waals surface area contributed by atoms with E-state index in [0.717, 1.165) is 10.1 Å². The van der Waals surface area contributed by atoms with Crippen molar-refractivity contribution < 1.29 is 9.53 Å². The van der Waals surface area contributed by atoms with Crippen molar-refractivity contribution in [2.45, 2.75) is 4.34 Å². The summed E-state index contributed by atoms with van der Waals surface area (Å²) in [6.07, 6.45) is 1.79. The molecular weight excluding hydrogens is 294 g/mol. The number of methoxy groups -OCH3 is 1. The van der Waals surface area contributed by atoms with Crippen LogP contribution in [0.25, 0.3) is 0 Å². The summed E-state index contributed by atoms with van der Waals surface area (Å²) in [5.74, 6) is 1.26. The number of amides is 1. The van der Waals surface area contributed by atoms with Gasteiger partial charge in [0.15, 0.2) is 4.34 Å². The first-order valence-corrected chi connectivity index (χ1v) is 7.55. The lowest BCUT2D eigenvalue weighted by Crippen LogP contribution is -2.11. The highest BCUT2D eigenvalue weighted by Gasteiger charge is 2.10. The van der Waals surface area contributed by atoms with Crippen molar-refractivity contribution in [3.8, 4) is 5.75 Å². The fraction of sp³-hybridized carbons (Fsp3) is 0.154. The van der Waals surface area contributed by atoms with Gasteiger partial charge in [-0.3, -0.25) is 10.1 Å². The van der Waals surface area contributed by atoms with Crippen LogP contribution in [0.5, 0.6) is 5.75 Å². The van der Waals surface area contributed by atoms with E-state index in [1.165, 1.54) is 23.1 Å². The van der Waals surface area contributed by atoms with E-state index in [1.54, 1.807) is 37.5 Å². The van der Waals surface area contributed by atoms with Crippen molar-refractivity contribution in [3.05, 3.63) is 42.5 Å². The van der Waals surface area contributed by atoms with Crippen LogP contribution >= 0.6 is 23.1 Å². The van der Waals surface area contributed by atoms with Crippen molar-refractivity contribution in [3.63, 3.8) is 0 Å². The minimum atomic E-state index is -0.218. The van der Waals surface area contributed by atoms with E-state index < -0.39 is 0 Å². The number of aromatic nitrogens is 2. The third-order valence-electron chi connectivity index (χ3n) is 2.30. The summed E-state index contributed by atoms with van der Waals surface area (Å²) in [7, 11) is 1.58. The van der Waals surface area contributed by atoms with Crippen LogP contribution in [0, 0.1) is 0 Å². The molecular formula is C13H13N3O2S2. The molecule has 20 heavy (non-hydrogen) atoms. The molecule has 0 radical (unpaired) electrons. The number of carbonyl (C=O) groups excluding carboxylic acids is 1. The Balaban J connectivity index is 1.99. The van der Waals surface area contributed by atoms with E-state index in [4.69, 9.17) is 4.74 Å². The minimum Gasteiger partial charge on any atom is -0.497 e. The van der Waals surface area contributed by atoms with Gasteiger partial charge >= 0.3 is 0 Å². The molecule has 0 aliphatic rings. The number of anilines is 1. The van der Waals surface area contributed by atoms with E-state index in [2.05, 4.69) is 22.1 Å². The molecule has 7 heteroatoms. The summed E-state index contributed by atoms with van der Waals surface area (Å²) < 4.78 is 5.85. The first-order chi connectivity index (χ1) is 9.72. The number of carbonyl (C=O) groups is 1. The summed E-state index contributed by atoms with van der Waals surface area (Å²) >= 11 is 2.87. The average molecular weight is 307 g/mol. The number of hydrogen-bond donors (Lipinski definition) is 1. The van der Waals surface area contributed by atoms with Crippen LogP contribution in [0.4, 0.5) is 5.13 Å². The number of ether oxygens (including phenoxy) is 1. The molecule has 0 bridgehead atoms. The summed E-state index contributed by atoms with van der Waals surface area (Å²) in [4.78, 5) is 12.0. The lowest BCUT2D eigenvalue weighted by Gasteiger charge is -2.02. The van der Waals surface area contributed by atoms with E-state index in [9.17, 15) is 4.79 Å². The zero-order chi connectivity index (χ0) is 14.4. The second-order valence-corrected chi connectivity index (χ2v) is 5.90. The topological polar surface area (TPSA) is 64.1 Å². The Morgan fingerprint density at radius 2 is 2.20 bits per heavy atom. The molecule has 1 amide bonds. The molecule has 0 spiro atoms. The standard InChI is InChI=1S/C13H13N3O2S2/c1-3-8-19-13-16-15-12(20-13)14-11(17)9-4-6-10(18-2)7-5-9/h3-7H,1,8H2,2H3,(H,14,15,17). The maximum atomic E-state index is 12.0. The zero-order valence-electron chi connectivity index (χ0n) is 10.8. The van der Waals surface area contributed by atoms with Crippen LogP contribution < -0.4 is 10.1 Å². The second kappa shape index (κ2) is 7.06. The van der Waals surface area contributed by atoms with Crippen LogP contribution in [0.3, 0.4) is 0 Å². The lowest BCUT2D eigenvalue weighted by molar-refractivity contribution is 0.102. The van der Waals surface area contributed by atoms with Crippen molar-refractivity contribution in [1.29, 1.82) is 0 Å². The minimum absolute atomic E-state index is 0.218. The Morgan fingerprint density at radius 1 is 1.45 bits per heavy atom. The summed E-state index contributed by atoms with van der Waals surface area (Å²) in [6, 6.07) is 6.87. The molecule has 1 N–H and O–H groups in total. The van der Waals surface area contributed by atoms with Gasteiger partial charge in [0.25, 0.3) is 5.91 Å². The highest BCUT2D eigenvalue weighted by atomic mass is 32.2. The fourth-order valence-corrected chi connectivity index (χ4v) is 2.87. The maximum Gasteiger partial charge on any atom is 0.257 e. The van der Waals surface area contributed by atoms with E-state index >= 15 is 0 Å². The molecule has 104 valence electrons. The molecule has 1 aromatic heterocycles. The Hall–Kier alpha value is -1.86. The molecule has 1 aromatic carbocycles. The number of benzene rings is 1. The summed E-state index contributed by atoms with van der Waals surface area (Å²) in [5, 5.41) is 11.1. The Bertz CT molecular complexity index is 596. The van der Waals surface area contributed by atoms with Crippen LogP contribution in [0.15, 0.2) is 41.3 Å². The van der Waals surface area contributed by atoms with Crippen molar-refractivity contribution in [2.75, 3.05) is 18.2 Å². The average Bonchev–Trinajstić information content (AvgIpc) is 2.92. The fourth-order valence-electron chi connectivity index (χ4n) is 1.36. The number of hydrogen-bond acceptors (Lipinski definition) is 6. The summed E-state index contributed by atoms with van der Waals surface area (Å²) in [5.41, 5.74) is 0.543. The van der Waals surface area contributed by atoms with Crippen molar-refractivity contribution in [1.82, 2.24) is 10.2 Å². The highest BCUT2D eigenvalue weighted by Crippen LogP contribution is 2.25. The molecule has 0 atom stereocenters. The smallest absolute Gasteiger partial charge is 0.257 e. The molecule has 0 saturated carbocycles. The third kappa shape index (κ3) is 3.82. The molecule has 5 nitrogen and oxygen atoms in total. The monoisotopic (exact) mass is 307 g/mol. The van der Waals surface area contributed by atoms with Gasteiger partial charge in [0, 0.05) is 11.3 Å². The van der Waals surface area contributed by atoms with E-state index in [0.29, 0.717) is 16.4 Å². The van der Waals surface area contributed by atoms with Gasteiger partial charge in [-0.1, -0.05) is 29.2 Å². The van der Waals surface area contributed by atoms with Gasteiger partial charge in [0.2, 0.25) is 5.13 Å². The molecule has 0 fully saturated rings. The first kappa shape index (κ1) is 14.5. The van der Waals surface area contributed by atoms with Crippen LogP contribution in [0.1, 0.15) is 10.4 Å². The normalized spacial score (nSPS) is 10.1.